The third-order valence-corrected chi connectivity index (χ3v) is 4.72. The molecule has 1 aromatic carbocycles. The maximum atomic E-state index is 5.11. The lowest BCUT2D eigenvalue weighted by molar-refractivity contribution is 0.308. The van der Waals surface area contributed by atoms with Crippen molar-refractivity contribution in [3.63, 3.8) is 0 Å². The van der Waals surface area contributed by atoms with Crippen LogP contribution in [-0.4, -0.2) is 12.2 Å². The van der Waals surface area contributed by atoms with Crippen LogP contribution in [0.1, 0.15) is 56.9 Å². The number of anilines is 1. The molecular formula is C17H26N2S. The van der Waals surface area contributed by atoms with Crippen molar-refractivity contribution in [3.8, 4) is 0 Å². The van der Waals surface area contributed by atoms with Crippen molar-refractivity contribution in [2.24, 2.45) is 5.92 Å². The van der Waals surface area contributed by atoms with Crippen LogP contribution in [0.15, 0.2) is 24.3 Å². The summed E-state index contributed by atoms with van der Waals surface area (Å²) < 4.78 is 0. The third-order valence-electron chi connectivity index (χ3n) is 4.41. The van der Waals surface area contributed by atoms with Crippen molar-refractivity contribution in [3.05, 3.63) is 29.8 Å². The fourth-order valence-corrected chi connectivity index (χ4v) is 3.34. The van der Waals surface area contributed by atoms with E-state index in [4.69, 9.17) is 12.2 Å². The van der Waals surface area contributed by atoms with Crippen LogP contribution in [0.4, 0.5) is 5.69 Å². The van der Waals surface area contributed by atoms with Gasteiger partial charge in [0.15, 0.2) is 5.11 Å². The molecular weight excluding hydrogens is 264 g/mol. The molecule has 0 unspecified atom stereocenters. The van der Waals surface area contributed by atoms with Gasteiger partial charge in [0.2, 0.25) is 0 Å². The van der Waals surface area contributed by atoms with E-state index in [2.05, 4.69) is 41.8 Å². The summed E-state index contributed by atoms with van der Waals surface area (Å²) in [6, 6.07) is 8.78. The molecule has 1 aromatic rings. The molecule has 0 spiro atoms. The first-order valence-corrected chi connectivity index (χ1v) is 8.22. The highest BCUT2D eigenvalue weighted by Gasteiger charge is 2.21. The van der Waals surface area contributed by atoms with E-state index in [-0.39, 0.29) is 0 Å². The van der Waals surface area contributed by atoms with Crippen molar-refractivity contribution in [1.82, 2.24) is 5.32 Å². The zero-order valence-electron chi connectivity index (χ0n) is 12.6. The van der Waals surface area contributed by atoms with Crippen LogP contribution >= 0.6 is 12.2 Å². The predicted molar refractivity (Wildman–Crippen MR) is 91.3 cm³/mol. The average molecular weight is 290 g/mol. The molecule has 0 radical (unpaired) electrons. The summed E-state index contributed by atoms with van der Waals surface area (Å²) in [7, 11) is 1.83. The molecule has 1 fully saturated rings. The zero-order chi connectivity index (χ0) is 14.4. The standard InChI is InChI=1S/C17H26N2S/c1-3-4-13-5-7-14(8-6-13)15-9-11-16(12-10-15)19-17(20)18-2/h9-14H,3-8H2,1-2H3,(H2,18,19,20). The highest BCUT2D eigenvalue weighted by Crippen LogP contribution is 2.37. The summed E-state index contributed by atoms with van der Waals surface area (Å²) in [5.74, 6) is 1.73. The highest BCUT2D eigenvalue weighted by atomic mass is 32.1. The Balaban J connectivity index is 1.89. The lowest BCUT2D eigenvalue weighted by Crippen LogP contribution is -2.24. The summed E-state index contributed by atoms with van der Waals surface area (Å²) in [5, 5.41) is 6.76. The molecule has 1 saturated carbocycles. The van der Waals surface area contributed by atoms with Gasteiger partial charge < -0.3 is 10.6 Å². The van der Waals surface area contributed by atoms with Gasteiger partial charge in [0.1, 0.15) is 0 Å². The number of hydrogen-bond acceptors (Lipinski definition) is 1. The second-order valence-corrected chi connectivity index (χ2v) is 6.24. The smallest absolute Gasteiger partial charge is 0.170 e. The number of hydrogen-bond donors (Lipinski definition) is 2. The Morgan fingerprint density at radius 1 is 1.15 bits per heavy atom. The van der Waals surface area contributed by atoms with Crippen molar-refractivity contribution < 1.29 is 0 Å². The molecule has 3 heteroatoms. The second kappa shape index (κ2) is 7.63. The lowest BCUT2D eigenvalue weighted by Gasteiger charge is -2.28. The van der Waals surface area contributed by atoms with Crippen molar-refractivity contribution >= 4 is 23.0 Å². The van der Waals surface area contributed by atoms with E-state index < -0.39 is 0 Å². The van der Waals surface area contributed by atoms with Gasteiger partial charge >= 0.3 is 0 Å². The fourth-order valence-electron chi connectivity index (χ4n) is 3.22. The van der Waals surface area contributed by atoms with Crippen LogP contribution in [-0.2, 0) is 0 Å². The van der Waals surface area contributed by atoms with E-state index in [9.17, 15) is 0 Å². The van der Waals surface area contributed by atoms with E-state index in [0.717, 1.165) is 17.5 Å². The number of nitrogens with one attached hydrogen (secondary N) is 2. The fraction of sp³-hybridized carbons (Fsp3) is 0.588. The molecule has 0 heterocycles. The van der Waals surface area contributed by atoms with Crippen molar-refractivity contribution in [2.75, 3.05) is 12.4 Å². The Kier molecular flexibility index (Phi) is 5.84. The first kappa shape index (κ1) is 15.3. The van der Waals surface area contributed by atoms with Gasteiger partial charge in [-0.15, -0.1) is 0 Å². The molecule has 20 heavy (non-hydrogen) atoms. The average Bonchev–Trinajstić information content (AvgIpc) is 2.49. The molecule has 0 saturated heterocycles. The van der Waals surface area contributed by atoms with Crippen LogP contribution in [0.25, 0.3) is 0 Å². The second-order valence-electron chi connectivity index (χ2n) is 5.83. The summed E-state index contributed by atoms with van der Waals surface area (Å²) >= 11 is 5.11. The maximum absolute atomic E-state index is 5.11. The Morgan fingerprint density at radius 3 is 2.35 bits per heavy atom. The topological polar surface area (TPSA) is 24.1 Å². The number of benzene rings is 1. The SMILES string of the molecule is CCCC1CCC(c2ccc(NC(=S)NC)cc2)CC1. The third kappa shape index (κ3) is 4.20. The molecule has 2 nitrogen and oxygen atoms in total. The van der Waals surface area contributed by atoms with Crippen LogP contribution < -0.4 is 10.6 Å². The van der Waals surface area contributed by atoms with E-state index in [1.54, 1.807) is 0 Å². The van der Waals surface area contributed by atoms with Crippen LogP contribution in [0.2, 0.25) is 0 Å². The molecule has 110 valence electrons. The van der Waals surface area contributed by atoms with Crippen molar-refractivity contribution in [2.45, 2.75) is 51.4 Å². The van der Waals surface area contributed by atoms with Crippen LogP contribution in [0.3, 0.4) is 0 Å². The van der Waals surface area contributed by atoms with E-state index >= 15 is 0 Å². The minimum atomic E-state index is 0.665. The largest absolute Gasteiger partial charge is 0.366 e. The van der Waals surface area contributed by atoms with Gasteiger partial charge in [0, 0.05) is 12.7 Å². The Bertz CT molecular complexity index is 419. The molecule has 2 N–H and O–H groups in total. The molecule has 2 rings (SSSR count). The molecule has 0 amide bonds. The van der Waals surface area contributed by atoms with E-state index in [0.29, 0.717) is 5.11 Å². The predicted octanol–water partition coefficient (Wildman–Crippen LogP) is 4.68. The normalized spacial score (nSPS) is 22.3. The van der Waals surface area contributed by atoms with E-state index in [1.807, 2.05) is 7.05 Å². The molecule has 0 atom stereocenters. The molecule has 0 aromatic heterocycles. The Hall–Kier alpha value is -1.09. The first-order chi connectivity index (χ1) is 9.72. The minimum absolute atomic E-state index is 0.665. The monoisotopic (exact) mass is 290 g/mol. The summed E-state index contributed by atoms with van der Waals surface area (Å²) in [4.78, 5) is 0. The van der Waals surface area contributed by atoms with Gasteiger partial charge in [-0.25, -0.2) is 0 Å². The quantitative estimate of drug-likeness (QED) is 0.788. The van der Waals surface area contributed by atoms with Gasteiger partial charge in [0.05, 0.1) is 0 Å². The van der Waals surface area contributed by atoms with Gasteiger partial charge in [0.25, 0.3) is 0 Å². The van der Waals surface area contributed by atoms with Gasteiger partial charge in [-0.1, -0.05) is 31.9 Å². The molecule has 0 bridgehead atoms. The first-order valence-electron chi connectivity index (χ1n) is 7.81. The summed E-state index contributed by atoms with van der Waals surface area (Å²) in [6.07, 6.45) is 8.27. The van der Waals surface area contributed by atoms with Gasteiger partial charge in [-0.3, -0.25) is 0 Å². The Labute approximate surface area is 128 Å². The highest BCUT2D eigenvalue weighted by molar-refractivity contribution is 7.80. The molecule has 1 aliphatic rings. The van der Waals surface area contributed by atoms with Crippen LogP contribution in [0, 0.1) is 5.92 Å². The Morgan fingerprint density at radius 2 is 1.80 bits per heavy atom. The van der Waals surface area contributed by atoms with Gasteiger partial charge in [-0.05, 0) is 67.4 Å². The summed E-state index contributed by atoms with van der Waals surface area (Å²) in [5.41, 5.74) is 2.55. The minimum Gasteiger partial charge on any atom is -0.366 e. The lowest BCUT2D eigenvalue weighted by atomic mass is 9.77. The van der Waals surface area contributed by atoms with Crippen LogP contribution in [0.5, 0.6) is 0 Å². The maximum Gasteiger partial charge on any atom is 0.170 e. The van der Waals surface area contributed by atoms with Gasteiger partial charge in [-0.2, -0.15) is 0 Å². The summed E-state index contributed by atoms with van der Waals surface area (Å²) in [6.45, 7) is 2.30. The molecule has 0 aliphatic heterocycles. The van der Waals surface area contributed by atoms with E-state index in [1.165, 1.54) is 44.1 Å². The number of thiocarbonyl (C=S) groups is 1. The van der Waals surface area contributed by atoms with Crippen molar-refractivity contribution in [1.29, 1.82) is 0 Å². The zero-order valence-corrected chi connectivity index (χ0v) is 13.4. The number of rotatable bonds is 4. The molecule has 1 aliphatic carbocycles.